The van der Waals surface area contributed by atoms with Gasteiger partial charge in [0, 0.05) is 12.6 Å². The highest BCUT2D eigenvalue weighted by Crippen LogP contribution is 2.33. The number of nitrogens with two attached hydrogens (primary N) is 1. The van der Waals surface area contributed by atoms with E-state index in [0.29, 0.717) is 18.7 Å². The molecule has 1 amide bonds. The Bertz CT molecular complexity index is 664. The molecule has 0 saturated heterocycles. The Labute approximate surface area is 159 Å². The van der Waals surface area contributed by atoms with E-state index in [9.17, 15) is 9.59 Å². The van der Waals surface area contributed by atoms with Gasteiger partial charge in [-0.1, -0.05) is 19.9 Å². The normalized spacial score (nSPS) is 14.6. The molecule has 2 rings (SSSR count). The molecule has 0 aromatic heterocycles. The monoisotopic (exact) mass is 380 g/mol. The lowest BCUT2D eigenvalue weighted by molar-refractivity contribution is -0.155. The topological polar surface area (TPSA) is 100 Å². The average Bonchev–Trinajstić information content (AvgIpc) is 3.09. The summed E-state index contributed by atoms with van der Waals surface area (Å²) in [6.07, 6.45) is 0.0779. The van der Waals surface area contributed by atoms with Crippen LogP contribution in [0.25, 0.3) is 0 Å². The fraction of sp³-hybridized carbons (Fsp3) is 0.579. The SMILES string of the molecule is CCN(C(=O)OCOC(=O)[C@H](N)C(C)C)[C@@H](C)Cc1ccc2c(c1)OCO2. The number of likely N-dealkylation sites (N-methyl/N-ethyl adjacent to an activating group) is 1. The van der Waals surface area contributed by atoms with E-state index in [1.54, 1.807) is 4.90 Å². The molecule has 2 atom stereocenters. The van der Waals surface area contributed by atoms with Gasteiger partial charge in [-0.2, -0.15) is 0 Å². The van der Waals surface area contributed by atoms with Crippen molar-refractivity contribution >= 4 is 12.1 Å². The fourth-order valence-electron chi connectivity index (χ4n) is 2.73. The number of amides is 1. The molecule has 0 spiro atoms. The number of hydrogen-bond acceptors (Lipinski definition) is 7. The molecule has 0 aliphatic carbocycles. The van der Waals surface area contributed by atoms with Gasteiger partial charge in [-0.25, -0.2) is 4.79 Å². The molecule has 1 heterocycles. The number of hydrogen-bond donors (Lipinski definition) is 1. The quantitative estimate of drug-likeness (QED) is 0.545. The second-order valence-electron chi connectivity index (χ2n) is 6.79. The smallest absolute Gasteiger partial charge is 0.412 e. The molecule has 1 aliphatic heterocycles. The zero-order valence-electron chi connectivity index (χ0n) is 16.3. The molecule has 1 aliphatic rings. The lowest BCUT2D eigenvalue weighted by atomic mass is 10.1. The molecule has 1 aromatic rings. The maximum atomic E-state index is 12.3. The van der Waals surface area contributed by atoms with Crippen molar-refractivity contribution in [2.75, 3.05) is 20.1 Å². The first-order valence-corrected chi connectivity index (χ1v) is 9.07. The number of benzene rings is 1. The molecule has 8 nitrogen and oxygen atoms in total. The van der Waals surface area contributed by atoms with Crippen LogP contribution in [0.4, 0.5) is 4.79 Å². The van der Waals surface area contributed by atoms with Crippen LogP contribution < -0.4 is 15.2 Å². The van der Waals surface area contributed by atoms with Crippen molar-refractivity contribution in [2.45, 2.75) is 46.2 Å². The summed E-state index contributed by atoms with van der Waals surface area (Å²) >= 11 is 0. The van der Waals surface area contributed by atoms with Crippen LogP contribution in [0, 0.1) is 5.92 Å². The lowest BCUT2D eigenvalue weighted by Crippen LogP contribution is -2.41. The molecule has 1 aromatic carbocycles. The molecule has 2 N–H and O–H groups in total. The van der Waals surface area contributed by atoms with Gasteiger partial charge in [0.15, 0.2) is 11.5 Å². The van der Waals surface area contributed by atoms with E-state index < -0.39 is 24.9 Å². The summed E-state index contributed by atoms with van der Waals surface area (Å²) in [7, 11) is 0. The Kier molecular flexibility index (Phi) is 7.29. The van der Waals surface area contributed by atoms with Gasteiger partial charge in [0.2, 0.25) is 13.6 Å². The third kappa shape index (κ3) is 5.50. The summed E-state index contributed by atoms with van der Waals surface area (Å²) in [4.78, 5) is 25.6. The highest BCUT2D eigenvalue weighted by Gasteiger charge is 2.23. The highest BCUT2D eigenvalue weighted by molar-refractivity contribution is 5.76. The van der Waals surface area contributed by atoms with Crippen molar-refractivity contribution in [3.05, 3.63) is 23.8 Å². The van der Waals surface area contributed by atoms with Crippen molar-refractivity contribution in [1.82, 2.24) is 4.90 Å². The van der Waals surface area contributed by atoms with Gasteiger partial charge in [0.1, 0.15) is 6.04 Å². The van der Waals surface area contributed by atoms with Crippen molar-refractivity contribution in [2.24, 2.45) is 11.7 Å². The molecular weight excluding hydrogens is 352 g/mol. The first kappa shape index (κ1) is 20.8. The van der Waals surface area contributed by atoms with Crippen molar-refractivity contribution in [1.29, 1.82) is 0 Å². The summed E-state index contributed by atoms with van der Waals surface area (Å²) in [6, 6.07) is 4.86. The molecule has 0 radical (unpaired) electrons. The molecule has 150 valence electrons. The molecule has 0 fully saturated rings. The van der Waals surface area contributed by atoms with Gasteiger partial charge in [-0.15, -0.1) is 0 Å². The molecule has 0 saturated carbocycles. The Morgan fingerprint density at radius 2 is 1.89 bits per heavy atom. The predicted octanol–water partition coefficient (Wildman–Crippen LogP) is 2.29. The van der Waals surface area contributed by atoms with Gasteiger partial charge < -0.3 is 29.6 Å². The largest absolute Gasteiger partial charge is 0.454 e. The Morgan fingerprint density at radius 1 is 1.19 bits per heavy atom. The molecule has 0 bridgehead atoms. The number of ether oxygens (including phenoxy) is 4. The van der Waals surface area contributed by atoms with E-state index in [1.807, 2.05) is 45.9 Å². The summed E-state index contributed by atoms with van der Waals surface area (Å²) in [5, 5.41) is 0. The minimum Gasteiger partial charge on any atom is -0.454 e. The highest BCUT2D eigenvalue weighted by atomic mass is 16.7. The summed E-state index contributed by atoms with van der Waals surface area (Å²) in [6.45, 7) is 7.65. The zero-order chi connectivity index (χ0) is 20.0. The fourth-order valence-corrected chi connectivity index (χ4v) is 2.73. The lowest BCUT2D eigenvalue weighted by Gasteiger charge is -2.27. The van der Waals surface area contributed by atoms with E-state index in [0.717, 1.165) is 11.3 Å². The standard InChI is InChI=1S/C19H28N2O6/c1-5-21(19(23)27-11-26-18(22)17(20)12(2)3)13(4)8-14-6-7-15-16(9-14)25-10-24-15/h6-7,9,12-13,17H,5,8,10-11,20H2,1-4H3/t13-,17+/m0/s1. The minimum absolute atomic E-state index is 0.0536. The molecule has 0 unspecified atom stereocenters. The van der Waals surface area contributed by atoms with E-state index >= 15 is 0 Å². The molecular formula is C19H28N2O6. The number of esters is 1. The summed E-state index contributed by atoms with van der Waals surface area (Å²) in [5.74, 6) is 0.787. The van der Waals surface area contributed by atoms with Crippen molar-refractivity contribution < 1.29 is 28.5 Å². The zero-order valence-corrected chi connectivity index (χ0v) is 16.3. The third-order valence-electron chi connectivity index (χ3n) is 4.45. The Hall–Kier alpha value is -2.48. The Balaban J connectivity index is 1.85. The first-order chi connectivity index (χ1) is 12.8. The molecule has 8 heteroatoms. The second-order valence-corrected chi connectivity index (χ2v) is 6.79. The first-order valence-electron chi connectivity index (χ1n) is 9.07. The number of carbonyl (C=O) groups excluding carboxylic acids is 2. The van der Waals surface area contributed by atoms with Gasteiger partial charge >= 0.3 is 12.1 Å². The van der Waals surface area contributed by atoms with Crippen molar-refractivity contribution in [3.63, 3.8) is 0 Å². The maximum absolute atomic E-state index is 12.3. The van der Waals surface area contributed by atoms with Gasteiger partial charge in [-0.05, 0) is 43.9 Å². The number of rotatable bonds is 8. The summed E-state index contributed by atoms with van der Waals surface area (Å²) < 4.78 is 20.7. The number of nitrogens with zero attached hydrogens (tertiary/aromatic N) is 1. The van der Waals surface area contributed by atoms with Crippen LogP contribution in [0.5, 0.6) is 11.5 Å². The second kappa shape index (κ2) is 9.45. The Morgan fingerprint density at radius 3 is 2.56 bits per heavy atom. The third-order valence-corrected chi connectivity index (χ3v) is 4.45. The van der Waals surface area contributed by atoms with Crippen LogP contribution in [0.2, 0.25) is 0 Å². The van der Waals surface area contributed by atoms with Crippen LogP contribution >= 0.6 is 0 Å². The van der Waals surface area contributed by atoms with E-state index in [1.165, 1.54) is 0 Å². The van der Waals surface area contributed by atoms with E-state index in [4.69, 9.17) is 24.7 Å². The van der Waals surface area contributed by atoms with Crippen LogP contribution in [0.3, 0.4) is 0 Å². The predicted molar refractivity (Wildman–Crippen MR) is 98.4 cm³/mol. The molecule has 27 heavy (non-hydrogen) atoms. The number of fused-ring (bicyclic) bond motifs is 1. The van der Waals surface area contributed by atoms with Gasteiger partial charge in [-0.3, -0.25) is 4.79 Å². The van der Waals surface area contributed by atoms with E-state index in [2.05, 4.69) is 0 Å². The van der Waals surface area contributed by atoms with Crippen LogP contribution in [-0.2, 0) is 20.7 Å². The van der Waals surface area contributed by atoms with Crippen LogP contribution in [0.1, 0.15) is 33.3 Å². The van der Waals surface area contributed by atoms with Crippen LogP contribution in [0.15, 0.2) is 18.2 Å². The number of carbonyl (C=O) groups is 2. The average molecular weight is 380 g/mol. The minimum atomic E-state index is -0.740. The van der Waals surface area contributed by atoms with Crippen molar-refractivity contribution in [3.8, 4) is 11.5 Å². The summed E-state index contributed by atoms with van der Waals surface area (Å²) in [5.41, 5.74) is 6.71. The van der Waals surface area contributed by atoms with Crippen LogP contribution in [-0.4, -0.2) is 49.2 Å². The maximum Gasteiger partial charge on any atom is 0.412 e. The van der Waals surface area contributed by atoms with Gasteiger partial charge in [0.25, 0.3) is 0 Å². The van der Waals surface area contributed by atoms with E-state index in [-0.39, 0.29) is 18.8 Å². The van der Waals surface area contributed by atoms with Gasteiger partial charge in [0.05, 0.1) is 0 Å².